The molecule has 4 aliphatic rings. The molecular weight excluding hydrogens is 509 g/mol. The predicted octanol–water partition coefficient (Wildman–Crippen LogP) is 1.99. The van der Waals surface area contributed by atoms with Gasteiger partial charge in [0.15, 0.2) is 0 Å². The van der Waals surface area contributed by atoms with Gasteiger partial charge in [-0.2, -0.15) is 14.0 Å². The van der Waals surface area contributed by atoms with E-state index in [9.17, 15) is 31.6 Å². The minimum Gasteiger partial charge on any atom is -0.368 e. The van der Waals surface area contributed by atoms with E-state index in [0.717, 1.165) is 37.8 Å². The molecule has 3 aliphatic heterocycles. The second-order valence-electron chi connectivity index (χ2n) is 10.5. The van der Waals surface area contributed by atoms with Crippen LogP contribution in [0.5, 0.6) is 0 Å². The van der Waals surface area contributed by atoms with Crippen LogP contribution in [0, 0.1) is 17.2 Å². The molecule has 5 rings (SSSR count). The number of nitriles is 1. The molecule has 9 nitrogen and oxygen atoms in total. The first-order valence-corrected chi connectivity index (χ1v) is 14.2. The number of amides is 1. The largest absolute Gasteiger partial charge is 0.368 e. The maximum absolute atomic E-state index is 13.4. The van der Waals surface area contributed by atoms with Crippen molar-refractivity contribution in [3.8, 4) is 6.07 Å². The Kier molecular flexibility index (Phi) is 7.12. The minimum atomic E-state index is -4.70. The highest BCUT2D eigenvalue weighted by molar-refractivity contribution is 7.91. The van der Waals surface area contributed by atoms with Crippen LogP contribution in [0.1, 0.15) is 38.5 Å². The number of carbonyl (C=O) groups is 1. The van der Waals surface area contributed by atoms with E-state index in [-0.39, 0.29) is 18.4 Å². The zero-order valence-corrected chi connectivity index (χ0v) is 21.1. The molecule has 1 aromatic rings. The number of nitrogens with one attached hydrogen (secondary N) is 3. The van der Waals surface area contributed by atoms with Crippen molar-refractivity contribution in [1.82, 2.24) is 20.7 Å². The Bertz CT molecular complexity index is 1150. The molecule has 1 saturated carbocycles. The van der Waals surface area contributed by atoms with Crippen molar-refractivity contribution in [2.45, 2.75) is 79.1 Å². The van der Waals surface area contributed by atoms with Gasteiger partial charge in [-0.3, -0.25) is 9.69 Å². The third-order valence-electron chi connectivity index (χ3n) is 8.35. The molecule has 202 valence electrons. The molecule has 1 aromatic carbocycles. The van der Waals surface area contributed by atoms with Crippen molar-refractivity contribution < 1.29 is 26.4 Å². The van der Waals surface area contributed by atoms with Gasteiger partial charge in [-0.25, -0.2) is 23.2 Å². The van der Waals surface area contributed by atoms with E-state index in [1.54, 1.807) is 0 Å². The van der Waals surface area contributed by atoms with Crippen LogP contribution in [0.4, 0.5) is 18.9 Å². The molecule has 4 fully saturated rings. The summed E-state index contributed by atoms with van der Waals surface area (Å²) in [5.41, 5.74) is 3.45. The zero-order valence-electron chi connectivity index (χ0n) is 20.2. The Morgan fingerprint density at radius 2 is 1.84 bits per heavy atom. The number of hydrogen-bond acceptors (Lipinski definition) is 8. The van der Waals surface area contributed by atoms with Gasteiger partial charge in [0.1, 0.15) is 12.3 Å². The van der Waals surface area contributed by atoms with E-state index >= 15 is 0 Å². The summed E-state index contributed by atoms with van der Waals surface area (Å²) in [6.07, 6.45) is 2.84. The molecule has 3 saturated heterocycles. The van der Waals surface area contributed by atoms with Crippen LogP contribution in [0.2, 0.25) is 0 Å². The Morgan fingerprint density at radius 1 is 1.16 bits per heavy atom. The van der Waals surface area contributed by atoms with E-state index in [1.807, 2.05) is 0 Å². The third-order valence-corrected chi connectivity index (χ3v) is 9.75. The first-order chi connectivity index (χ1) is 17.6. The van der Waals surface area contributed by atoms with Crippen LogP contribution < -0.4 is 16.1 Å². The molecule has 1 amide bonds. The highest BCUT2D eigenvalue weighted by Crippen LogP contribution is 2.44. The molecule has 3 atom stereocenters. The van der Waals surface area contributed by atoms with Crippen molar-refractivity contribution in [1.29, 1.82) is 5.26 Å². The molecular formula is C24H31F3N6O3S. The van der Waals surface area contributed by atoms with E-state index in [0.29, 0.717) is 37.8 Å². The van der Waals surface area contributed by atoms with Gasteiger partial charge in [0, 0.05) is 42.9 Å². The van der Waals surface area contributed by atoms with Gasteiger partial charge in [-0.15, -0.1) is 0 Å². The van der Waals surface area contributed by atoms with Gasteiger partial charge in [0.2, 0.25) is 15.7 Å². The maximum Gasteiger partial charge on any atom is 0.341 e. The number of halogens is 3. The number of benzene rings is 1. The topological polar surface area (TPSA) is 118 Å². The van der Waals surface area contributed by atoms with Crippen molar-refractivity contribution in [3.63, 3.8) is 0 Å². The fourth-order valence-corrected chi connectivity index (χ4v) is 7.07. The van der Waals surface area contributed by atoms with Gasteiger partial charge in [-0.05, 0) is 56.4 Å². The molecule has 13 heteroatoms. The van der Waals surface area contributed by atoms with Gasteiger partial charge in [0.05, 0.1) is 23.3 Å². The van der Waals surface area contributed by atoms with Crippen LogP contribution >= 0.6 is 0 Å². The van der Waals surface area contributed by atoms with Crippen molar-refractivity contribution >= 4 is 21.4 Å². The lowest BCUT2D eigenvalue weighted by molar-refractivity contribution is -0.128. The van der Waals surface area contributed by atoms with E-state index < -0.39 is 44.3 Å². The molecule has 0 spiro atoms. The molecule has 3 heterocycles. The smallest absolute Gasteiger partial charge is 0.341 e. The summed E-state index contributed by atoms with van der Waals surface area (Å²) in [7, 11) is -4.70. The third kappa shape index (κ3) is 4.80. The highest BCUT2D eigenvalue weighted by atomic mass is 32.2. The van der Waals surface area contributed by atoms with E-state index in [1.165, 1.54) is 12.1 Å². The number of hydrogen-bond donors (Lipinski definition) is 3. The second kappa shape index (κ2) is 10.1. The van der Waals surface area contributed by atoms with Crippen LogP contribution in [0.3, 0.4) is 0 Å². The molecule has 0 bridgehead atoms. The molecule has 1 aliphatic carbocycles. The van der Waals surface area contributed by atoms with Gasteiger partial charge in [-0.1, -0.05) is 0 Å². The number of fused-ring (bicyclic) bond motifs is 1. The van der Waals surface area contributed by atoms with Gasteiger partial charge >= 0.3 is 5.76 Å². The summed E-state index contributed by atoms with van der Waals surface area (Å²) in [5, 5.41) is 18.0. The van der Waals surface area contributed by atoms with Crippen molar-refractivity contribution in [2.75, 3.05) is 25.0 Å². The number of piperidine rings is 1. The lowest BCUT2D eigenvalue weighted by Gasteiger charge is -2.51. The molecule has 0 aromatic heterocycles. The summed E-state index contributed by atoms with van der Waals surface area (Å²) in [6.45, 7) is 1.44. The summed E-state index contributed by atoms with van der Waals surface area (Å²) in [6, 6.07) is 7.51. The Hall–Kier alpha value is -2.40. The van der Waals surface area contributed by atoms with Crippen LogP contribution in [0.25, 0.3) is 0 Å². The number of alkyl halides is 3. The van der Waals surface area contributed by atoms with Crippen molar-refractivity contribution in [2.24, 2.45) is 5.92 Å². The van der Waals surface area contributed by atoms with Crippen LogP contribution in [0.15, 0.2) is 29.2 Å². The van der Waals surface area contributed by atoms with E-state index in [4.69, 9.17) is 0 Å². The molecule has 0 radical (unpaired) electrons. The molecule has 3 N–H and O–H groups in total. The molecule has 37 heavy (non-hydrogen) atoms. The molecule has 3 unspecified atom stereocenters. The predicted molar refractivity (Wildman–Crippen MR) is 129 cm³/mol. The minimum absolute atomic E-state index is 0.129. The lowest BCUT2D eigenvalue weighted by Crippen LogP contribution is -2.62. The number of nitrogens with zero attached hydrogens (tertiary/aromatic N) is 3. The lowest BCUT2D eigenvalue weighted by atomic mass is 9.74. The monoisotopic (exact) mass is 540 g/mol. The Morgan fingerprint density at radius 3 is 2.43 bits per heavy atom. The number of anilines is 1. The highest BCUT2D eigenvalue weighted by Gasteiger charge is 2.55. The number of carbonyl (C=O) groups excluding carboxylic acids is 1. The van der Waals surface area contributed by atoms with Gasteiger partial charge in [0.25, 0.3) is 0 Å². The number of sulfone groups is 1. The number of likely N-dealkylation sites (tertiary alicyclic amines) is 1. The number of hydrazine groups is 1. The summed E-state index contributed by atoms with van der Waals surface area (Å²) >= 11 is 0. The summed E-state index contributed by atoms with van der Waals surface area (Å²) < 4.78 is 62.6. The van der Waals surface area contributed by atoms with E-state index in [2.05, 4.69) is 32.0 Å². The SMILES string of the molecule is N#CCC1(N2NC(Nc3ccc(S(=O)(=O)C(F)F)cc3)C3C(=O)NCCC32)CCC(N2CC(F)C2)CC1. The second-order valence-corrected chi connectivity index (χ2v) is 12.4. The quantitative estimate of drug-likeness (QED) is 0.481. The average Bonchev–Trinajstić information content (AvgIpc) is 3.23. The van der Waals surface area contributed by atoms with Crippen LogP contribution in [-0.4, -0.2) is 79.6 Å². The normalized spacial score (nSPS) is 33.4. The number of rotatable bonds is 7. The van der Waals surface area contributed by atoms with Gasteiger partial charge < -0.3 is 10.6 Å². The standard InChI is InChI=1S/C24H31F3N6O3S/c25-15-13-32(14-15)17-5-8-24(9-6-17,10-11-28)33-19-7-12-29-22(34)20(19)21(31-33)30-16-1-3-18(4-2-16)37(35,36)23(26)27/h1-4,15,17,19-21,23,30-31H,5-10,12-14H2,(H,29,34). The fourth-order valence-electron chi connectivity index (χ4n) is 6.35. The van der Waals surface area contributed by atoms with Crippen LogP contribution in [-0.2, 0) is 14.6 Å². The van der Waals surface area contributed by atoms with Crippen molar-refractivity contribution in [3.05, 3.63) is 24.3 Å². The first-order valence-electron chi connectivity index (χ1n) is 12.6. The Balaban J connectivity index is 1.35. The fraction of sp³-hybridized carbons (Fsp3) is 0.667. The Labute approximate surface area is 214 Å². The summed E-state index contributed by atoms with van der Waals surface area (Å²) in [5.74, 6) is -4.11. The zero-order chi connectivity index (χ0) is 26.4. The average molecular weight is 541 g/mol. The first kappa shape index (κ1) is 26.2. The summed E-state index contributed by atoms with van der Waals surface area (Å²) in [4.78, 5) is 14.6. The maximum atomic E-state index is 13.4.